The van der Waals surface area contributed by atoms with Crippen molar-refractivity contribution in [3.63, 3.8) is 0 Å². The number of carbonyl (C=O) groups excluding carboxylic acids is 1. The lowest BCUT2D eigenvalue weighted by Gasteiger charge is -2.24. The van der Waals surface area contributed by atoms with Gasteiger partial charge in [-0.2, -0.15) is 0 Å². The Morgan fingerprint density at radius 1 is 1.39 bits per heavy atom. The molecule has 2 nitrogen and oxygen atoms in total. The maximum atomic E-state index is 12.0. The van der Waals surface area contributed by atoms with E-state index in [1.807, 2.05) is 12.1 Å². The van der Waals surface area contributed by atoms with E-state index in [4.69, 9.17) is 11.6 Å². The van der Waals surface area contributed by atoms with E-state index in [-0.39, 0.29) is 5.91 Å². The number of thiophene rings is 1. The molecule has 0 aromatic carbocycles. The monoisotopic (exact) mass is 285 g/mol. The van der Waals surface area contributed by atoms with Gasteiger partial charge in [-0.3, -0.25) is 4.79 Å². The summed E-state index contributed by atoms with van der Waals surface area (Å²) in [6.45, 7) is 2.90. The zero-order chi connectivity index (χ0) is 13.0. The minimum absolute atomic E-state index is 0.0766. The molecule has 100 valence electrons. The molecule has 1 aliphatic carbocycles. The lowest BCUT2D eigenvalue weighted by atomic mass is 9.89. The fourth-order valence-electron chi connectivity index (χ4n) is 2.34. The van der Waals surface area contributed by atoms with Gasteiger partial charge >= 0.3 is 0 Å². The van der Waals surface area contributed by atoms with Crippen molar-refractivity contribution in [1.82, 2.24) is 5.32 Å². The number of nitrogens with one attached hydrogen (secondary N) is 1. The third-order valence-electron chi connectivity index (χ3n) is 3.56. The number of alkyl halides is 1. The maximum Gasteiger partial charge on any atom is 0.261 e. The molecule has 1 aromatic rings. The molecule has 0 atom stereocenters. The highest BCUT2D eigenvalue weighted by Crippen LogP contribution is 2.27. The quantitative estimate of drug-likeness (QED) is 0.837. The number of amides is 1. The van der Waals surface area contributed by atoms with Gasteiger partial charge in [-0.05, 0) is 50.2 Å². The van der Waals surface area contributed by atoms with Crippen LogP contribution >= 0.6 is 22.9 Å². The number of carbonyl (C=O) groups is 1. The molecule has 1 aliphatic rings. The predicted octanol–water partition coefficient (Wildman–Crippen LogP) is 3.84. The van der Waals surface area contributed by atoms with Crippen LogP contribution < -0.4 is 5.32 Å². The van der Waals surface area contributed by atoms with E-state index >= 15 is 0 Å². The minimum atomic E-state index is 0.0766. The van der Waals surface area contributed by atoms with Gasteiger partial charge < -0.3 is 5.32 Å². The second kappa shape index (κ2) is 6.58. The molecule has 0 bridgehead atoms. The van der Waals surface area contributed by atoms with Crippen LogP contribution in [0.25, 0.3) is 0 Å². The first-order valence-electron chi connectivity index (χ1n) is 6.70. The van der Waals surface area contributed by atoms with Gasteiger partial charge in [-0.1, -0.05) is 6.92 Å². The van der Waals surface area contributed by atoms with Crippen LogP contribution in [-0.2, 0) is 6.42 Å². The molecule has 18 heavy (non-hydrogen) atoms. The molecule has 1 aromatic heterocycles. The van der Waals surface area contributed by atoms with Crippen molar-refractivity contribution in [2.45, 2.75) is 44.4 Å². The van der Waals surface area contributed by atoms with Gasteiger partial charge in [0.25, 0.3) is 5.91 Å². The SMILES string of the molecule is CCc1ccc(C(=O)NCC2CCC(Cl)CC2)s1. The molecule has 0 unspecified atom stereocenters. The first kappa shape index (κ1) is 13.9. The summed E-state index contributed by atoms with van der Waals surface area (Å²) in [4.78, 5) is 14.1. The summed E-state index contributed by atoms with van der Waals surface area (Å²) >= 11 is 7.67. The highest BCUT2D eigenvalue weighted by atomic mass is 35.5. The van der Waals surface area contributed by atoms with Crippen molar-refractivity contribution >= 4 is 28.8 Å². The summed E-state index contributed by atoms with van der Waals surface area (Å²) < 4.78 is 0. The summed E-state index contributed by atoms with van der Waals surface area (Å²) in [5, 5.41) is 3.40. The summed E-state index contributed by atoms with van der Waals surface area (Å²) in [6.07, 6.45) is 5.44. The molecule has 2 rings (SSSR count). The molecule has 1 heterocycles. The second-order valence-corrected chi connectivity index (χ2v) is 6.73. The number of halogens is 1. The Morgan fingerprint density at radius 2 is 2.11 bits per heavy atom. The first-order chi connectivity index (χ1) is 8.69. The zero-order valence-corrected chi connectivity index (χ0v) is 12.3. The van der Waals surface area contributed by atoms with E-state index in [1.165, 1.54) is 4.88 Å². The van der Waals surface area contributed by atoms with E-state index < -0.39 is 0 Å². The van der Waals surface area contributed by atoms with Crippen molar-refractivity contribution < 1.29 is 4.79 Å². The minimum Gasteiger partial charge on any atom is -0.351 e. The fourth-order valence-corrected chi connectivity index (χ4v) is 3.46. The largest absolute Gasteiger partial charge is 0.351 e. The molecule has 1 amide bonds. The molecule has 1 N–H and O–H groups in total. The van der Waals surface area contributed by atoms with Crippen LogP contribution in [-0.4, -0.2) is 17.8 Å². The Balaban J connectivity index is 1.77. The highest BCUT2D eigenvalue weighted by molar-refractivity contribution is 7.14. The van der Waals surface area contributed by atoms with Crippen LogP contribution in [0.3, 0.4) is 0 Å². The predicted molar refractivity (Wildman–Crippen MR) is 77.6 cm³/mol. The molecule has 0 radical (unpaired) electrons. The van der Waals surface area contributed by atoms with Crippen molar-refractivity contribution in [3.8, 4) is 0 Å². The normalized spacial score (nSPS) is 23.9. The van der Waals surface area contributed by atoms with E-state index in [0.29, 0.717) is 11.3 Å². The molecular formula is C14H20ClNOS. The topological polar surface area (TPSA) is 29.1 Å². The summed E-state index contributed by atoms with van der Waals surface area (Å²) in [7, 11) is 0. The third kappa shape index (κ3) is 3.72. The van der Waals surface area contributed by atoms with E-state index in [2.05, 4.69) is 12.2 Å². The molecule has 4 heteroatoms. The Hall–Kier alpha value is -0.540. The van der Waals surface area contributed by atoms with Gasteiger partial charge in [-0.15, -0.1) is 22.9 Å². The van der Waals surface area contributed by atoms with Crippen LogP contribution in [0.5, 0.6) is 0 Å². The number of aryl methyl sites for hydroxylation is 1. The number of rotatable bonds is 4. The van der Waals surface area contributed by atoms with Crippen LogP contribution in [0, 0.1) is 5.92 Å². The van der Waals surface area contributed by atoms with Gasteiger partial charge in [-0.25, -0.2) is 0 Å². The van der Waals surface area contributed by atoms with E-state index in [9.17, 15) is 4.79 Å². The van der Waals surface area contributed by atoms with Crippen molar-refractivity contribution in [3.05, 3.63) is 21.9 Å². The Morgan fingerprint density at radius 3 is 2.72 bits per heavy atom. The van der Waals surface area contributed by atoms with Crippen molar-refractivity contribution in [2.24, 2.45) is 5.92 Å². The van der Waals surface area contributed by atoms with E-state index in [1.54, 1.807) is 11.3 Å². The molecule has 1 saturated carbocycles. The standard InChI is InChI=1S/C14H20ClNOS/c1-2-12-7-8-13(18-12)14(17)16-9-10-3-5-11(15)6-4-10/h7-8,10-11H,2-6,9H2,1H3,(H,16,17). The summed E-state index contributed by atoms with van der Waals surface area (Å²) in [5.41, 5.74) is 0. The molecule has 0 aliphatic heterocycles. The van der Waals surface area contributed by atoms with Gasteiger partial charge in [0.15, 0.2) is 0 Å². The lowest BCUT2D eigenvalue weighted by molar-refractivity contribution is 0.0948. The smallest absolute Gasteiger partial charge is 0.261 e. The molecule has 0 saturated heterocycles. The van der Waals surface area contributed by atoms with Gasteiger partial charge in [0, 0.05) is 16.8 Å². The average Bonchev–Trinajstić information content (AvgIpc) is 2.86. The lowest BCUT2D eigenvalue weighted by Crippen LogP contribution is -2.31. The Kier molecular flexibility index (Phi) is 5.07. The molecule has 0 spiro atoms. The van der Waals surface area contributed by atoms with Crippen LogP contribution in [0.2, 0.25) is 0 Å². The highest BCUT2D eigenvalue weighted by Gasteiger charge is 2.20. The maximum absolute atomic E-state index is 12.0. The van der Waals surface area contributed by atoms with Crippen molar-refractivity contribution in [2.75, 3.05) is 6.54 Å². The molecular weight excluding hydrogens is 266 g/mol. The van der Waals surface area contributed by atoms with Crippen LogP contribution in [0.4, 0.5) is 0 Å². The van der Waals surface area contributed by atoms with Gasteiger partial charge in [0.2, 0.25) is 0 Å². The van der Waals surface area contributed by atoms with Crippen LogP contribution in [0.15, 0.2) is 12.1 Å². The fraction of sp³-hybridized carbons (Fsp3) is 0.643. The number of hydrogen-bond donors (Lipinski definition) is 1. The van der Waals surface area contributed by atoms with Crippen LogP contribution in [0.1, 0.15) is 47.2 Å². The van der Waals surface area contributed by atoms with E-state index in [0.717, 1.165) is 43.5 Å². The zero-order valence-electron chi connectivity index (χ0n) is 10.7. The van der Waals surface area contributed by atoms with Crippen molar-refractivity contribution in [1.29, 1.82) is 0 Å². The second-order valence-electron chi connectivity index (χ2n) is 4.95. The molecule has 1 fully saturated rings. The van der Waals surface area contributed by atoms with Gasteiger partial charge in [0.05, 0.1) is 4.88 Å². The summed E-state index contributed by atoms with van der Waals surface area (Å²) in [6, 6.07) is 3.97. The first-order valence-corrected chi connectivity index (χ1v) is 7.95. The number of hydrogen-bond acceptors (Lipinski definition) is 2. The summed E-state index contributed by atoms with van der Waals surface area (Å²) in [5.74, 6) is 0.683. The third-order valence-corrected chi connectivity index (χ3v) is 5.23. The average molecular weight is 286 g/mol. The Labute approximate surface area is 118 Å². The Bertz CT molecular complexity index is 396. The van der Waals surface area contributed by atoms with Gasteiger partial charge in [0.1, 0.15) is 0 Å².